The minimum absolute atomic E-state index is 0.0477. The molecule has 0 aromatic rings. The standard InChI is InChI=1S/C10H18ClNO/c1-10(5-3-2-4-6-10)8-12-9(13)7-11/h2-8H2,1H3,(H,12,13). The molecule has 0 spiro atoms. The Morgan fingerprint density at radius 1 is 1.38 bits per heavy atom. The molecule has 1 amide bonds. The Balaban J connectivity index is 2.28. The molecule has 0 atom stereocenters. The average molecular weight is 204 g/mol. The minimum atomic E-state index is -0.0477. The summed E-state index contributed by atoms with van der Waals surface area (Å²) in [7, 11) is 0. The SMILES string of the molecule is CC1(CNC(=O)CCl)CCCCC1. The van der Waals surface area contributed by atoms with Gasteiger partial charge in [0, 0.05) is 6.54 Å². The molecule has 1 N–H and O–H groups in total. The van der Waals surface area contributed by atoms with E-state index in [0.717, 1.165) is 6.54 Å². The lowest BCUT2D eigenvalue weighted by Gasteiger charge is -2.33. The Kier molecular flexibility index (Phi) is 4.04. The third kappa shape index (κ3) is 3.55. The number of hydrogen-bond acceptors (Lipinski definition) is 1. The summed E-state index contributed by atoms with van der Waals surface area (Å²) in [6.07, 6.45) is 6.41. The highest BCUT2D eigenvalue weighted by Gasteiger charge is 2.26. The third-order valence-corrected chi connectivity index (χ3v) is 3.14. The second-order valence-electron chi connectivity index (χ2n) is 4.28. The van der Waals surface area contributed by atoms with Gasteiger partial charge in [-0.15, -0.1) is 11.6 Å². The summed E-state index contributed by atoms with van der Waals surface area (Å²) in [6.45, 7) is 3.04. The van der Waals surface area contributed by atoms with Crippen LogP contribution in [0.25, 0.3) is 0 Å². The maximum Gasteiger partial charge on any atom is 0.234 e. The van der Waals surface area contributed by atoms with Crippen molar-refractivity contribution in [3.8, 4) is 0 Å². The molecule has 1 rings (SSSR count). The molecule has 1 aliphatic carbocycles. The van der Waals surface area contributed by atoms with Crippen LogP contribution in [0.5, 0.6) is 0 Å². The van der Waals surface area contributed by atoms with E-state index in [1.165, 1.54) is 32.1 Å². The van der Waals surface area contributed by atoms with Crippen LogP contribution in [-0.2, 0) is 4.79 Å². The first-order chi connectivity index (χ1) is 6.16. The fourth-order valence-corrected chi connectivity index (χ4v) is 2.04. The van der Waals surface area contributed by atoms with Gasteiger partial charge in [0.15, 0.2) is 0 Å². The number of amides is 1. The quantitative estimate of drug-likeness (QED) is 0.701. The maximum atomic E-state index is 11.0. The van der Waals surface area contributed by atoms with Crippen LogP contribution in [-0.4, -0.2) is 18.3 Å². The Bertz CT molecular complexity index is 176. The highest BCUT2D eigenvalue weighted by atomic mass is 35.5. The normalized spacial score (nSPS) is 21.1. The summed E-state index contributed by atoms with van der Waals surface area (Å²) in [5, 5.41) is 2.87. The first-order valence-electron chi connectivity index (χ1n) is 4.99. The molecule has 0 aromatic heterocycles. The summed E-state index contributed by atoms with van der Waals surface area (Å²) in [6, 6.07) is 0. The third-order valence-electron chi connectivity index (χ3n) is 2.89. The summed E-state index contributed by atoms with van der Waals surface area (Å²) in [5.74, 6) is 0.0317. The van der Waals surface area contributed by atoms with Crippen molar-refractivity contribution in [3.63, 3.8) is 0 Å². The number of carbonyl (C=O) groups excluding carboxylic acids is 1. The average Bonchev–Trinajstić information content (AvgIpc) is 2.15. The van der Waals surface area contributed by atoms with Gasteiger partial charge in [-0.25, -0.2) is 0 Å². The second kappa shape index (κ2) is 4.85. The van der Waals surface area contributed by atoms with Crippen molar-refractivity contribution in [3.05, 3.63) is 0 Å². The van der Waals surface area contributed by atoms with Crippen LogP contribution < -0.4 is 5.32 Å². The summed E-state index contributed by atoms with van der Waals surface area (Å²) < 4.78 is 0. The van der Waals surface area contributed by atoms with E-state index < -0.39 is 0 Å². The van der Waals surface area contributed by atoms with E-state index in [-0.39, 0.29) is 11.8 Å². The van der Waals surface area contributed by atoms with E-state index in [4.69, 9.17) is 11.6 Å². The van der Waals surface area contributed by atoms with Crippen molar-refractivity contribution in [1.82, 2.24) is 5.32 Å². The molecule has 3 heteroatoms. The molecule has 1 aliphatic rings. The van der Waals surface area contributed by atoms with E-state index >= 15 is 0 Å². The lowest BCUT2D eigenvalue weighted by atomic mass is 9.76. The van der Waals surface area contributed by atoms with E-state index in [9.17, 15) is 4.79 Å². The molecule has 2 nitrogen and oxygen atoms in total. The molecular weight excluding hydrogens is 186 g/mol. The van der Waals surface area contributed by atoms with E-state index in [0.29, 0.717) is 5.41 Å². The molecular formula is C10H18ClNO. The first kappa shape index (κ1) is 10.8. The lowest BCUT2D eigenvalue weighted by Crippen LogP contribution is -2.37. The van der Waals surface area contributed by atoms with Gasteiger partial charge in [-0.2, -0.15) is 0 Å². The molecule has 0 bridgehead atoms. The predicted molar refractivity (Wildman–Crippen MR) is 54.9 cm³/mol. The van der Waals surface area contributed by atoms with Crippen LogP contribution in [0, 0.1) is 5.41 Å². The lowest BCUT2D eigenvalue weighted by molar-refractivity contribution is -0.119. The zero-order chi connectivity index (χ0) is 9.73. The number of rotatable bonds is 3. The molecule has 0 unspecified atom stereocenters. The first-order valence-corrected chi connectivity index (χ1v) is 5.52. The number of hydrogen-bond donors (Lipinski definition) is 1. The van der Waals surface area contributed by atoms with Gasteiger partial charge in [-0.05, 0) is 18.3 Å². The molecule has 1 saturated carbocycles. The highest BCUT2D eigenvalue weighted by Crippen LogP contribution is 2.34. The monoisotopic (exact) mass is 203 g/mol. The van der Waals surface area contributed by atoms with Crippen molar-refractivity contribution in [2.75, 3.05) is 12.4 Å². The summed E-state index contributed by atoms with van der Waals surface area (Å²) >= 11 is 5.40. The maximum absolute atomic E-state index is 11.0. The molecule has 13 heavy (non-hydrogen) atoms. The molecule has 0 saturated heterocycles. The van der Waals surface area contributed by atoms with Crippen molar-refractivity contribution in [2.24, 2.45) is 5.41 Å². The van der Waals surface area contributed by atoms with Crippen molar-refractivity contribution < 1.29 is 4.79 Å². The number of alkyl halides is 1. The topological polar surface area (TPSA) is 29.1 Å². The molecule has 0 aliphatic heterocycles. The Morgan fingerprint density at radius 3 is 2.54 bits per heavy atom. The van der Waals surface area contributed by atoms with Gasteiger partial charge in [-0.1, -0.05) is 26.2 Å². The summed E-state index contributed by atoms with van der Waals surface area (Å²) in [4.78, 5) is 11.0. The predicted octanol–water partition coefficient (Wildman–Crippen LogP) is 2.31. The van der Waals surface area contributed by atoms with E-state index in [1.54, 1.807) is 0 Å². The van der Waals surface area contributed by atoms with Gasteiger partial charge < -0.3 is 5.32 Å². The number of carbonyl (C=O) groups is 1. The van der Waals surface area contributed by atoms with Gasteiger partial charge in [0.1, 0.15) is 5.88 Å². The number of nitrogens with one attached hydrogen (secondary N) is 1. The van der Waals surface area contributed by atoms with Crippen LogP contribution in [0.2, 0.25) is 0 Å². The Labute approximate surface area is 85.0 Å². The van der Waals surface area contributed by atoms with Gasteiger partial charge in [0.05, 0.1) is 0 Å². The smallest absolute Gasteiger partial charge is 0.234 e. The zero-order valence-corrected chi connectivity index (χ0v) is 8.99. The summed E-state index contributed by atoms with van der Waals surface area (Å²) in [5.41, 5.74) is 0.319. The van der Waals surface area contributed by atoms with Crippen LogP contribution in [0.3, 0.4) is 0 Å². The molecule has 0 aromatic carbocycles. The zero-order valence-electron chi connectivity index (χ0n) is 8.24. The fourth-order valence-electron chi connectivity index (χ4n) is 1.94. The van der Waals surface area contributed by atoms with Crippen molar-refractivity contribution in [2.45, 2.75) is 39.0 Å². The highest BCUT2D eigenvalue weighted by molar-refractivity contribution is 6.27. The van der Waals surface area contributed by atoms with E-state index in [1.807, 2.05) is 0 Å². The largest absolute Gasteiger partial charge is 0.355 e. The Hall–Kier alpha value is -0.240. The van der Waals surface area contributed by atoms with E-state index in [2.05, 4.69) is 12.2 Å². The van der Waals surface area contributed by atoms with Crippen LogP contribution >= 0.6 is 11.6 Å². The van der Waals surface area contributed by atoms with Gasteiger partial charge in [0.25, 0.3) is 0 Å². The molecule has 0 radical (unpaired) electrons. The van der Waals surface area contributed by atoms with Crippen LogP contribution in [0.15, 0.2) is 0 Å². The van der Waals surface area contributed by atoms with Gasteiger partial charge >= 0.3 is 0 Å². The number of halogens is 1. The van der Waals surface area contributed by atoms with Crippen LogP contribution in [0.1, 0.15) is 39.0 Å². The van der Waals surface area contributed by atoms with Crippen molar-refractivity contribution >= 4 is 17.5 Å². The molecule has 76 valence electrons. The van der Waals surface area contributed by atoms with Gasteiger partial charge in [0.2, 0.25) is 5.91 Å². The Morgan fingerprint density at radius 2 is 2.00 bits per heavy atom. The minimum Gasteiger partial charge on any atom is -0.355 e. The molecule has 1 fully saturated rings. The van der Waals surface area contributed by atoms with Gasteiger partial charge in [-0.3, -0.25) is 4.79 Å². The fraction of sp³-hybridized carbons (Fsp3) is 0.900. The van der Waals surface area contributed by atoms with Crippen molar-refractivity contribution in [1.29, 1.82) is 0 Å². The second-order valence-corrected chi connectivity index (χ2v) is 4.55. The molecule has 0 heterocycles. The van der Waals surface area contributed by atoms with Crippen LogP contribution in [0.4, 0.5) is 0 Å².